The maximum atomic E-state index is 12.4. The third-order valence-electron chi connectivity index (χ3n) is 1.26. The van der Waals surface area contributed by atoms with E-state index >= 15 is 0 Å². The number of nitrogens with two attached hydrogens (primary N) is 1. The molecule has 0 amide bonds. The molecule has 0 fully saturated rings. The molecular formula is C9H10FN. The average molecular weight is 151 g/mol. The second-order valence-electron chi connectivity index (χ2n) is 2.44. The van der Waals surface area contributed by atoms with Crippen molar-refractivity contribution in [3.05, 3.63) is 41.3 Å². The number of rotatable bonds is 1. The molecule has 11 heavy (non-hydrogen) atoms. The molecule has 0 aliphatic carbocycles. The molecule has 1 nitrogen and oxygen atoms in total. The smallest absolute Gasteiger partial charge is 0.123 e. The van der Waals surface area contributed by atoms with Crippen LogP contribution in [0, 0.1) is 5.82 Å². The van der Waals surface area contributed by atoms with Gasteiger partial charge < -0.3 is 5.73 Å². The highest BCUT2D eigenvalue weighted by Crippen LogP contribution is 2.05. The van der Waals surface area contributed by atoms with Gasteiger partial charge in [0.2, 0.25) is 0 Å². The summed E-state index contributed by atoms with van der Waals surface area (Å²) in [7, 11) is 0. The van der Waals surface area contributed by atoms with Crippen LogP contribution in [-0.2, 0) is 0 Å². The van der Waals surface area contributed by atoms with Gasteiger partial charge in [-0.15, -0.1) is 0 Å². The molecule has 0 radical (unpaired) electrons. The molecule has 0 heterocycles. The van der Waals surface area contributed by atoms with Crippen molar-refractivity contribution >= 4 is 6.08 Å². The van der Waals surface area contributed by atoms with Gasteiger partial charge in [0.05, 0.1) is 0 Å². The Morgan fingerprint density at radius 2 is 1.91 bits per heavy atom. The van der Waals surface area contributed by atoms with Gasteiger partial charge in [0.15, 0.2) is 0 Å². The molecule has 0 aromatic heterocycles. The van der Waals surface area contributed by atoms with Crippen molar-refractivity contribution in [3.8, 4) is 0 Å². The first kappa shape index (κ1) is 7.79. The van der Waals surface area contributed by atoms with E-state index in [1.165, 1.54) is 12.1 Å². The normalized spacial score (nSPS) is 11.6. The average Bonchev–Trinajstić information content (AvgIpc) is 1.93. The van der Waals surface area contributed by atoms with Crippen LogP contribution in [0.5, 0.6) is 0 Å². The van der Waals surface area contributed by atoms with Crippen molar-refractivity contribution in [2.45, 2.75) is 6.92 Å². The maximum Gasteiger partial charge on any atom is 0.123 e. The molecule has 2 N–H and O–H groups in total. The minimum absolute atomic E-state index is 0.225. The Morgan fingerprint density at radius 3 is 2.36 bits per heavy atom. The number of hydrogen-bond donors (Lipinski definition) is 1. The maximum absolute atomic E-state index is 12.4. The quantitative estimate of drug-likeness (QED) is 0.653. The first-order chi connectivity index (χ1) is 5.18. The van der Waals surface area contributed by atoms with Crippen molar-refractivity contribution in [3.63, 3.8) is 0 Å². The summed E-state index contributed by atoms with van der Waals surface area (Å²) in [6.07, 6.45) is 1.79. The summed E-state index contributed by atoms with van der Waals surface area (Å²) in [5.74, 6) is -0.225. The summed E-state index contributed by atoms with van der Waals surface area (Å²) < 4.78 is 12.4. The van der Waals surface area contributed by atoms with Crippen LogP contribution in [0.3, 0.4) is 0 Å². The molecule has 0 atom stereocenters. The molecule has 0 saturated heterocycles. The Labute approximate surface area is 65.3 Å². The van der Waals surface area contributed by atoms with Gasteiger partial charge >= 0.3 is 0 Å². The summed E-state index contributed by atoms with van der Waals surface area (Å²) in [5.41, 5.74) is 7.07. The van der Waals surface area contributed by atoms with Gasteiger partial charge in [0, 0.05) is 5.70 Å². The monoisotopic (exact) mass is 151 g/mol. The lowest BCUT2D eigenvalue weighted by atomic mass is 10.2. The Balaban J connectivity index is 2.91. The Kier molecular flexibility index (Phi) is 2.26. The molecule has 0 unspecified atom stereocenters. The minimum atomic E-state index is -0.225. The molecular weight excluding hydrogens is 141 g/mol. The first-order valence-electron chi connectivity index (χ1n) is 3.38. The van der Waals surface area contributed by atoms with E-state index in [-0.39, 0.29) is 5.82 Å². The van der Waals surface area contributed by atoms with Gasteiger partial charge in [-0.2, -0.15) is 0 Å². The second-order valence-corrected chi connectivity index (χ2v) is 2.44. The van der Waals surface area contributed by atoms with Crippen LogP contribution in [0.2, 0.25) is 0 Å². The van der Waals surface area contributed by atoms with Crippen LogP contribution < -0.4 is 5.73 Å². The zero-order chi connectivity index (χ0) is 8.27. The van der Waals surface area contributed by atoms with Gasteiger partial charge in [-0.1, -0.05) is 12.1 Å². The zero-order valence-electron chi connectivity index (χ0n) is 6.34. The van der Waals surface area contributed by atoms with Crippen LogP contribution in [0.15, 0.2) is 30.0 Å². The molecule has 2 heteroatoms. The van der Waals surface area contributed by atoms with Gasteiger partial charge in [-0.3, -0.25) is 0 Å². The Bertz CT molecular complexity index is 257. The number of halogens is 1. The second kappa shape index (κ2) is 3.19. The number of allylic oxidation sites excluding steroid dienone is 1. The molecule has 0 spiro atoms. The van der Waals surface area contributed by atoms with Crippen molar-refractivity contribution < 1.29 is 4.39 Å². The molecule has 1 aromatic rings. The lowest BCUT2D eigenvalue weighted by Crippen LogP contribution is -1.89. The van der Waals surface area contributed by atoms with E-state index in [0.29, 0.717) is 0 Å². The topological polar surface area (TPSA) is 26.0 Å². The highest BCUT2D eigenvalue weighted by atomic mass is 19.1. The first-order valence-corrected chi connectivity index (χ1v) is 3.38. The van der Waals surface area contributed by atoms with E-state index in [9.17, 15) is 4.39 Å². The fourth-order valence-corrected chi connectivity index (χ4v) is 0.822. The molecule has 0 aliphatic heterocycles. The summed E-state index contributed by atoms with van der Waals surface area (Å²) >= 11 is 0. The van der Waals surface area contributed by atoms with Crippen LogP contribution in [0.1, 0.15) is 12.5 Å². The Morgan fingerprint density at radius 1 is 1.36 bits per heavy atom. The van der Waals surface area contributed by atoms with Gasteiger partial charge in [-0.05, 0) is 30.7 Å². The van der Waals surface area contributed by atoms with Crippen LogP contribution in [0.4, 0.5) is 4.39 Å². The summed E-state index contributed by atoms with van der Waals surface area (Å²) in [4.78, 5) is 0. The van der Waals surface area contributed by atoms with Gasteiger partial charge in [-0.25, -0.2) is 4.39 Å². The minimum Gasteiger partial charge on any atom is -0.402 e. The molecule has 58 valence electrons. The van der Waals surface area contributed by atoms with Crippen molar-refractivity contribution in [2.24, 2.45) is 5.73 Å². The predicted molar refractivity (Wildman–Crippen MR) is 44.2 cm³/mol. The standard InChI is InChI=1S/C9H10FN/c1-7(11)6-8-2-4-9(10)5-3-8/h2-6H,11H2,1H3. The molecule has 1 aromatic carbocycles. The number of benzene rings is 1. The van der Waals surface area contributed by atoms with E-state index < -0.39 is 0 Å². The third kappa shape index (κ3) is 2.42. The third-order valence-corrected chi connectivity index (χ3v) is 1.26. The molecule has 1 rings (SSSR count). The Hall–Kier alpha value is -1.31. The predicted octanol–water partition coefficient (Wildman–Crippen LogP) is 2.15. The summed E-state index contributed by atoms with van der Waals surface area (Å²) in [5, 5.41) is 0. The molecule has 0 saturated carbocycles. The van der Waals surface area contributed by atoms with Crippen molar-refractivity contribution in [2.75, 3.05) is 0 Å². The highest BCUT2D eigenvalue weighted by Gasteiger charge is 1.88. The zero-order valence-corrected chi connectivity index (χ0v) is 6.34. The fraction of sp³-hybridized carbons (Fsp3) is 0.111. The lowest BCUT2D eigenvalue weighted by molar-refractivity contribution is 0.628. The highest BCUT2D eigenvalue weighted by molar-refractivity contribution is 5.51. The fourth-order valence-electron chi connectivity index (χ4n) is 0.822. The summed E-state index contributed by atoms with van der Waals surface area (Å²) in [6.45, 7) is 1.79. The van der Waals surface area contributed by atoms with Crippen molar-refractivity contribution in [1.82, 2.24) is 0 Å². The van der Waals surface area contributed by atoms with E-state index in [2.05, 4.69) is 0 Å². The SMILES string of the molecule is CC(N)=Cc1ccc(F)cc1. The van der Waals surface area contributed by atoms with Gasteiger partial charge in [0.25, 0.3) is 0 Å². The lowest BCUT2D eigenvalue weighted by Gasteiger charge is -1.93. The van der Waals surface area contributed by atoms with E-state index in [1.807, 2.05) is 0 Å². The molecule has 0 aliphatic rings. The van der Waals surface area contributed by atoms with Crippen LogP contribution in [0.25, 0.3) is 6.08 Å². The summed E-state index contributed by atoms with van der Waals surface area (Å²) in [6, 6.07) is 6.20. The van der Waals surface area contributed by atoms with E-state index in [4.69, 9.17) is 5.73 Å². The van der Waals surface area contributed by atoms with E-state index in [0.717, 1.165) is 11.3 Å². The van der Waals surface area contributed by atoms with Gasteiger partial charge in [0.1, 0.15) is 5.82 Å². The van der Waals surface area contributed by atoms with Crippen molar-refractivity contribution in [1.29, 1.82) is 0 Å². The van der Waals surface area contributed by atoms with Crippen LogP contribution in [-0.4, -0.2) is 0 Å². The van der Waals surface area contributed by atoms with E-state index in [1.54, 1.807) is 25.1 Å². The molecule has 0 bridgehead atoms. The van der Waals surface area contributed by atoms with Crippen LogP contribution >= 0.6 is 0 Å². The largest absolute Gasteiger partial charge is 0.402 e. The number of hydrogen-bond acceptors (Lipinski definition) is 1.